The second kappa shape index (κ2) is 10.1. The lowest BCUT2D eigenvalue weighted by atomic mass is 9.86. The average molecular weight is 543 g/mol. The van der Waals surface area contributed by atoms with E-state index >= 15 is 0 Å². The molecule has 0 amide bonds. The van der Waals surface area contributed by atoms with Crippen molar-refractivity contribution in [1.82, 2.24) is 0 Å². The van der Waals surface area contributed by atoms with Crippen LogP contribution >= 0.6 is 23.2 Å². The molecule has 0 bridgehead atoms. The number of anilines is 3. The summed E-state index contributed by atoms with van der Waals surface area (Å²) in [6.07, 6.45) is 2.66. The van der Waals surface area contributed by atoms with Crippen molar-refractivity contribution in [2.75, 3.05) is 4.90 Å². The average Bonchev–Trinajstić information content (AvgIpc) is 3.06. The maximum absolute atomic E-state index is 6.68. The molecule has 3 heteroatoms. The van der Waals surface area contributed by atoms with Gasteiger partial charge < -0.3 is 4.90 Å². The van der Waals surface area contributed by atoms with Gasteiger partial charge in [0, 0.05) is 23.5 Å². The Balaban J connectivity index is 1.67. The van der Waals surface area contributed by atoms with Gasteiger partial charge in [0.25, 0.3) is 0 Å². The van der Waals surface area contributed by atoms with Gasteiger partial charge in [0.1, 0.15) is 0 Å². The zero-order chi connectivity index (χ0) is 27.2. The minimum Gasteiger partial charge on any atom is -0.310 e. The predicted octanol–water partition coefficient (Wildman–Crippen LogP) is 10.7. The van der Waals surface area contributed by atoms with E-state index in [2.05, 4.69) is 119 Å². The molecule has 0 atom stereocenters. The van der Waals surface area contributed by atoms with E-state index in [-0.39, 0.29) is 10.8 Å². The van der Waals surface area contributed by atoms with Crippen LogP contribution in [0, 0.1) is 0 Å². The minimum absolute atomic E-state index is 0.103. The molecule has 196 valence electrons. The summed E-state index contributed by atoms with van der Waals surface area (Å²) in [7, 11) is 0. The summed E-state index contributed by atoms with van der Waals surface area (Å²) in [5.41, 5.74) is 11.6. The fourth-order valence-corrected chi connectivity index (χ4v) is 5.89. The number of rotatable bonds is 3. The number of benzene rings is 4. The minimum atomic E-state index is 0.103. The standard InChI is InChI=1S/C35H37Cl2N/c1-34(2,3)25-12-16-27(17-13-25)38(28-18-14-26(15-19-28)35(4,5)6)32-9-7-8-23-10-20-29-24(22-30(23)32)11-21-31(36)33(29)37/h7-9,11-19,21H,10,20,22H2,1-6H3. The van der Waals surface area contributed by atoms with Crippen LogP contribution in [0.4, 0.5) is 17.1 Å². The second-order valence-electron chi connectivity index (χ2n) is 12.5. The molecule has 5 rings (SSSR count). The third kappa shape index (κ3) is 5.24. The molecule has 0 heterocycles. The van der Waals surface area contributed by atoms with Crippen molar-refractivity contribution in [2.45, 2.75) is 71.6 Å². The second-order valence-corrected chi connectivity index (χ2v) is 13.3. The summed E-state index contributed by atoms with van der Waals surface area (Å²) in [5.74, 6) is 0. The van der Waals surface area contributed by atoms with Crippen molar-refractivity contribution in [3.63, 3.8) is 0 Å². The van der Waals surface area contributed by atoms with Crippen molar-refractivity contribution >= 4 is 40.3 Å². The van der Waals surface area contributed by atoms with E-state index in [0.717, 1.165) is 30.6 Å². The summed E-state index contributed by atoms with van der Waals surface area (Å²) in [5, 5.41) is 1.34. The molecular formula is C35H37Cl2N. The smallest absolute Gasteiger partial charge is 0.0627 e. The van der Waals surface area contributed by atoms with Gasteiger partial charge in [-0.25, -0.2) is 0 Å². The molecular weight excluding hydrogens is 505 g/mol. The first kappa shape index (κ1) is 26.9. The summed E-state index contributed by atoms with van der Waals surface area (Å²) in [6.45, 7) is 13.6. The number of aryl methyl sites for hydroxylation is 1. The molecule has 4 aromatic rings. The maximum atomic E-state index is 6.68. The van der Waals surface area contributed by atoms with E-state index in [1.54, 1.807) is 0 Å². The number of hydrogen-bond donors (Lipinski definition) is 0. The Hall–Kier alpha value is -2.74. The van der Waals surface area contributed by atoms with Gasteiger partial charge in [0.05, 0.1) is 10.0 Å². The summed E-state index contributed by atoms with van der Waals surface area (Å²) < 4.78 is 0. The number of halogens is 2. The van der Waals surface area contributed by atoms with Crippen LogP contribution in [0.1, 0.15) is 74.9 Å². The van der Waals surface area contributed by atoms with Crippen LogP contribution in [-0.2, 0) is 30.1 Å². The highest BCUT2D eigenvalue weighted by molar-refractivity contribution is 6.42. The van der Waals surface area contributed by atoms with Crippen LogP contribution in [0.3, 0.4) is 0 Å². The molecule has 0 aromatic heterocycles. The third-order valence-electron chi connectivity index (χ3n) is 7.78. The number of fused-ring (bicyclic) bond motifs is 2. The topological polar surface area (TPSA) is 3.24 Å². The molecule has 1 nitrogen and oxygen atoms in total. The van der Waals surface area contributed by atoms with E-state index in [1.807, 2.05) is 6.07 Å². The lowest BCUT2D eigenvalue weighted by molar-refractivity contribution is 0.590. The highest BCUT2D eigenvalue weighted by Crippen LogP contribution is 2.42. The summed E-state index contributed by atoms with van der Waals surface area (Å²) in [6, 6.07) is 28.9. The van der Waals surface area contributed by atoms with Crippen molar-refractivity contribution in [3.05, 3.63) is 122 Å². The molecule has 38 heavy (non-hydrogen) atoms. The van der Waals surface area contributed by atoms with E-state index in [9.17, 15) is 0 Å². The van der Waals surface area contributed by atoms with Crippen LogP contribution < -0.4 is 4.90 Å². The number of nitrogens with zero attached hydrogens (tertiary/aromatic N) is 1. The molecule has 4 aromatic carbocycles. The monoisotopic (exact) mass is 541 g/mol. The van der Waals surface area contributed by atoms with Crippen LogP contribution in [0.5, 0.6) is 0 Å². The fraction of sp³-hybridized carbons (Fsp3) is 0.314. The SMILES string of the molecule is CC(C)(C)c1ccc(N(c2ccc(C(C)(C)C)cc2)c2cccc3c2Cc2ccc(Cl)c(Cl)c2CC3)cc1. The predicted molar refractivity (Wildman–Crippen MR) is 165 cm³/mol. The molecule has 0 spiro atoms. The van der Waals surface area contributed by atoms with Crippen LogP contribution in [0.15, 0.2) is 78.9 Å². The van der Waals surface area contributed by atoms with E-state index in [1.165, 1.54) is 39.1 Å². The summed E-state index contributed by atoms with van der Waals surface area (Å²) >= 11 is 13.1. The fourth-order valence-electron chi connectivity index (χ4n) is 5.44. The Morgan fingerprint density at radius 1 is 0.579 bits per heavy atom. The normalized spacial score (nSPS) is 13.5. The molecule has 0 saturated carbocycles. The molecule has 0 unspecified atom stereocenters. The first-order chi connectivity index (χ1) is 17.9. The highest BCUT2D eigenvalue weighted by atomic mass is 35.5. The third-order valence-corrected chi connectivity index (χ3v) is 8.62. The van der Waals surface area contributed by atoms with Gasteiger partial charge in [0.2, 0.25) is 0 Å². The molecule has 0 aliphatic heterocycles. The zero-order valence-corrected chi connectivity index (χ0v) is 24.8. The largest absolute Gasteiger partial charge is 0.310 e. The van der Waals surface area contributed by atoms with Crippen molar-refractivity contribution in [2.24, 2.45) is 0 Å². The maximum Gasteiger partial charge on any atom is 0.0627 e. The molecule has 0 N–H and O–H groups in total. The lowest BCUT2D eigenvalue weighted by Gasteiger charge is -2.30. The Bertz CT molecular complexity index is 1400. The van der Waals surface area contributed by atoms with Gasteiger partial charge in [-0.15, -0.1) is 0 Å². The Labute approximate surface area is 238 Å². The van der Waals surface area contributed by atoms with Crippen LogP contribution in [0.2, 0.25) is 10.0 Å². The van der Waals surface area contributed by atoms with Crippen molar-refractivity contribution in [1.29, 1.82) is 0 Å². The first-order valence-electron chi connectivity index (χ1n) is 13.5. The number of hydrogen-bond acceptors (Lipinski definition) is 1. The van der Waals surface area contributed by atoms with E-state index in [0.29, 0.717) is 10.0 Å². The lowest BCUT2D eigenvalue weighted by Crippen LogP contribution is -2.16. The Morgan fingerprint density at radius 3 is 1.66 bits per heavy atom. The molecule has 0 saturated heterocycles. The summed E-state index contributed by atoms with van der Waals surface area (Å²) in [4.78, 5) is 2.42. The van der Waals surface area contributed by atoms with Gasteiger partial charge in [0.15, 0.2) is 0 Å². The Kier molecular flexibility index (Phi) is 7.14. The zero-order valence-electron chi connectivity index (χ0n) is 23.3. The Morgan fingerprint density at radius 2 is 1.13 bits per heavy atom. The van der Waals surface area contributed by atoms with Gasteiger partial charge in [-0.1, -0.05) is 107 Å². The molecule has 0 radical (unpaired) electrons. The van der Waals surface area contributed by atoms with Crippen LogP contribution in [-0.4, -0.2) is 0 Å². The first-order valence-corrected chi connectivity index (χ1v) is 14.3. The van der Waals surface area contributed by atoms with Gasteiger partial charge >= 0.3 is 0 Å². The van der Waals surface area contributed by atoms with Gasteiger partial charge in [-0.3, -0.25) is 0 Å². The molecule has 1 aliphatic rings. The van der Waals surface area contributed by atoms with E-state index in [4.69, 9.17) is 23.2 Å². The molecule has 1 aliphatic carbocycles. The molecule has 0 fully saturated rings. The van der Waals surface area contributed by atoms with E-state index < -0.39 is 0 Å². The highest BCUT2D eigenvalue weighted by Gasteiger charge is 2.24. The quantitative estimate of drug-likeness (QED) is 0.249. The van der Waals surface area contributed by atoms with Gasteiger partial charge in [-0.05, 0) is 93.5 Å². The van der Waals surface area contributed by atoms with Crippen molar-refractivity contribution < 1.29 is 0 Å². The van der Waals surface area contributed by atoms with Crippen LogP contribution in [0.25, 0.3) is 0 Å². The van der Waals surface area contributed by atoms with Crippen molar-refractivity contribution in [3.8, 4) is 0 Å². The van der Waals surface area contributed by atoms with Gasteiger partial charge in [-0.2, -0.15) is 0 Å².